The number of fused-ring (bicyclic) bond motifs is 1. The Morgan fingerprint density at radius 2 is 1.64 bits per heavy atom. The van der Waals surface area contributed by atoms with Crippen molar-refractivity contribution in [2.75, 3.05) is 0 Å². The van der Waals surface area contributed by atoms with Crippen LogP contribution in [0.2, 0.25) is 0 Å². The Bertz CT molecular complexity index is 870. The molecule has 25 heavy (non-hydrogen) atoms. The number of rotatable bonds is 3. The molecule has 0 spiro atoms. The third kappa shape index (κ3) is 3.19. The Balaban J connectivity index is 2.04. The van der Waals surface area contributed by atoms with Crippen LogP contribution in [0, 0.1) is 48.3 Å². The quantitative estimate of drug-likeness (QED) is 0.833. The van der Waals surface area contributed by atoms with E-state index in [0.29, 0.717) is 6.42 Å². The van der Waals surface area contributed by atoms with Gasteiger partial charge < -0.3 is 0 Å². The zero-order valence-electron chi connectivity index (χ0n) is 14.5. The lowest BCUT2D eigenvalue weighted by molar-refractivity contribution is 0.0872. The van der Waals surface area contributed by atoms with E-state index >= 15 is 0 Å². The van der Waals surface area contributed by atoms with Crippen LogP contribution in [0.5, 0.6) is 0 Å². The molecule has 0 aromatic heterocycles. The Kier molecular flexibility index (Phi) is 4.68. The third-order valence-corrected chi connectivity index (χ3v) is 5.12. The van der Waals surface area contributed by atoms with Crippen molar-refractivity contribution >= 4 is 5.78 Å². The fraction of sp³-hybridized carbons (Fsp3) is 0.318. The highest BCUT2D eigenvalue weighted by Gasteiger charge is 2.38. The first kappa shape index (κ1) is 16.9. The molecule has 2 aromatic carbocycles. The van der Waals surface area contributed by atoms with Crippen LogP contribution in [-0.2, 0) is 6.42 Å². The highest BCUT2D eigenvalue weighted by atomic mass is 16.1. The van der Waals surface area contributed by atoms with Gasteiger partial charge in [-0.3, -0.25) is 4.79 Å². The maximum absolute atomic E-state index is 13.1. The number of nitrogens with zero attached hydrogens (tertiary/aromatic N) is 2. The van der Waals surface area contributed by atoms with E-state index in [4.69, 9.17) is 0 Å². The van der Waals surface area contributed by atoms with Gasteiger partial charge in [-0.25, -0.2) is 0 Å². The van der Waals surface area contributed by atoms with Crippen LogP contribution in [-0.4, -0.2) is 5.78 Å². The van der Waals surface area contributed by atoms with E-state index in [2.05, 4.69) is 18.2 Å². The number of carbonyl (C=O) groups is 1. The molecular formula is C22H20N2O. The number of benzene rings is 2. The molecule has 0 radical (unpaired) electrons. The lowest BCUT2D eigenvalue weighted by Gasteiger charge is -2.31. The minimum absolute atomic E-state index is 0.0577. The Hall–Kier alpha value is -2.91. The maximum Gasteiger partial charge on any atom is 0.166 e. The molecule has 0 fully saturated rings. The van der Waals surface area contributed by atoms with Crippen molar-refractivity contribution in [1.29, 1.82) is 10.5 Å². The van der Waals surface area contributed by atoms with Crippen LogP contribution in [0.1, 0.15) is 45.0 Å². The molecule has 1 aliphatic rings. The molecule has 0 saturated carbocycles. The van der Waals surface area contributed by atoms with Gasteiger partial charge in [0.1, 0.15) is 5.92 Å². The summed E-state index contributed by atoms with van der Waals surface area (Å²) < 4.78 is 0. The largest absolute Gasteiger partial charge is 0.294 e. The third-order valence-electron chi connectivity index (χ3n) is 5.12. The summed E-state index contributed by atoms with van der Waals surface area (Å²) in [5.74, 6) is -1.49. The summed E-state index contributed by atoms with van der Waals surface area (Å²) in [5.41, 5.74) is 4.98. The molecule has 0 bridgehead atoms. The van der Waals surface area contributed by atoms with Gasteiger partial charge in [-0.15, -0.1) is 0 Å². The van der Waals surface area contributed by atoms with Crippen molar-refractivity contribution in [2.24, 2.45) is 11.8 Å². The number of nitriles is 2. The van der Waals surface area contributed by atoms with Gasteiger partial charge >= 0.3 is 0 Å². The molecule has 3 rings (SSSR count). The second-order valence-corrected chi connectivity index (χ2v) is 6.84. The molecule has 0 aliphatic heterocycles. The molecule has 3 nitrogen and oxygen atoms in total. The van der Waals surface area contributed by atoms with Gasteiger partial charge in [0.2, 0.25) is 0 Å². The molecule has 2 aromatic rings. The van der Waals surface area contributed by atoms with Crippen LogP contribution in [0.15, 0.2) is 42.5 Å². The van der Waals surface area contributed by atoms with Gasteiger partial charge in [-0.2, -0.15) is 10.5 Å². The van der Waals surface area contributed by atoms with E-state index < -0.39 is 11.8 Å². The van der Waals surface area contributed by atoms with Crippen LogP contribution in [0.4, 0.5) is 0 Å². The summed E-state index contributed by atoms with van der Waals surface area (Å²) in [6.45, 7) is 4.02. The smallest absolute Gasteiger partial charge is 0.166 e. The number of hydrogen-bond acceptors (Lipinski definition) is 3. The predicted octanol–water partition coefficient (Wildman–Crippen LogP) is 4.50. The summed E-state index contributed by atoms with van der Waals surface area (Å²) >= 11 is 0. The van der Waals surface area contributed by atoms with E-state index in [1.165, 1.54) is 0 Å². The van der Waals surface area contributed by atoms with Crippen molar-refractivity contribution in [3.63, 3.8) is 0 Å². The van der Waals surface area contributed by atoms with E-state index in [1.54, 1.807) is 0 Å². The fourth-order valence-electron chi connectivity index (χ4n) is 3.79. The zero-order valence-corrected chi connectivity index (χ0v) is 14.5. The van der Waals surface area contributed by atoms with E-state index in [1.807, 2.05) is 50.2 Å². The fourth-order valence-corrected chi connectivity index (χ4v) is 3.79. The summed E-state index contributed by atoms with van der Waals surface area (Å²) in [5, 5.41) is 19.0. The van der Waals surface area contributed by atoms with E-state index in [-0.39, 0.29) is 11.7 Å². The molecule has 2 atom stereocenters. The number of carbonyl (C=O) groups excluding carboxylic acids is 1. The van der Waals surface area contributed by atoms with Crippen molar-refractivity contribution in [3.05, 3.63) is 70.3 Å². The number of hydrogen-bond donors (Lipinski definition) is 0. The molecule has 0 heterocycles. The summed E-state index contributed by atoms with van der Waals surface area (Å²) in [6.07, 6.45) is 1.48. The summed E-state index contributed by atoms with van der Waals surface area (Å²) in [7, 11) is 0. The van der Waals surface area contributed by atoms with E-state index in [9.17, 15) is 15.3 Å². The van der Waals surface area contributed by atoms with Crippen LogP contribution in [0.25, 0.3) is 0 Å². The second kappa shape index (κ2) is 6.91. The number of ketones is 1. The summed E-state index contributed by atoms with van der Waals surface area (Å²) in [6, 6.07) is 17.9. The molecule has 3 heteroatoms. The topological polar surface area (TPSA) is 64.7 Å². The SMILES string of the molecule is Cc1ccc(C(C(C#N)C#N)C2CCc3cc(C)ccc3C2=O)cc1. The molecule has 2 unspecified atom stereocenters. The molecule has 0 N–H and O–H groups in total. The normalized spacial score (nSPS) is 17.5. The predicted molar refractivity (Wildman–Crippen MR) is 96.0 cm³/mol. The standard InChI is InChI=1S/C22H20N2O/c1-14-3-6-16(7-4-14)21(18(12-23)13-24)20-10-8-17-11-15(2)5-9-19(17)22(20)25/h3-7,9,11,18,20-21H,8,10H2,1-2H3. The Labute approximate surface area is 148 Å². The highest BCUT2D eigenvalue weighted by Crippen LogP contribution is 2.40. The van der Waals surface area contributed by atoms with Gasteiger partial charge in [0.15, 0.2) is 5.78 Å². The maximum atomic E-state index is 13.1. The van der Waals surface area contributed by atoms with Crippen molar-refractivity contribution in [1.82, 2.24) is 0 Å². The second-order valence-electron chi connectivity index (χ2n) is 6.84. The first-order chi connectivity index (χ1) is 12.0. The lowest BCUT2D eigenvalue weighted by atomic mass is 9.69. The van der Waals surface area contributed by atoms with Crippen molar-refractivity contribution < 1.29 is 4.79 Å². The molecular weight excluding hydrogens is 308 g/mol. The lowest BCUT2D eigenvalue weighted by Crippen LogP contribution is -2.31. The first-order valence-electron chi connectivity index (χ1n) is 8.54. The van der Waals surface area contributed by atoms with Crippen LogP contribution >= 0.6 is 0 Å². The first-order valence-corrected chi connectivity index (χ1v) is 8.54. The Morgan fingerprint density at radius 3 is 2.28 bits per heavy atom. The zero-order chi connectivity index (χ0) is 18.0. The molecule has 0 amide bonds. The van der Waals surface area contributed by atoms with E-state index in [0.717, 1.165) is 34.2 Å². The number of aryl methyl sites for hydroxylation is 3. The highest BCUT2D eigenvalue weighted by molar-refractivity contribution is 6.01. The van der Waals surface area contributed by atoms with Crippen LogP contribution < -0.4 is 0 Å². The van der Waals surface area contributed by atoms with Gasteiger partial charge in [-0.1, -0.05) is 53.6 Å². The molecule has 124 valence electrons. The minimum atomic E-state index is -0.830. The average molecular weight is 328 g/mol. The minimum Gasteiger partial charge on any atom is -0.294 e. The molecule has 0 saturated heterocycles. The number of Topliss-reactive ketones (excluding diaryl/α,β-unsaturated/α-hetero) is 1. The van der Waals surface area contributed by atoms with Gasteiger partial charge in [0.05, 0.1) is 12.1 Å². The monoisotopic (exact) mass is 328 g/mol. The van der Waals surface area contributed by atoms with Crippen molar-refractivity contribution in [3.8, 4) is 12.1 Å². The van der Waals surface area contributed by atoms with Gasteiger partial charge in [-0.05, 0) is 37.8 Å². The van der Waals surface area contributed by atoms with Gasteiger partial charge in [0.25, 0.3) is 0 Å². The van der Waals surface area contributed by atoms with Crippen molar-refractivity contribution in [2.45, 2.75) is 32.6 Å². The van der Waals surface area contributed by atoms with Crippen LogP contribution in [0.3, 0.4) is 0 Å². The summed E-state index contributed by atoms with van der Waals surface area (Å²) in [4.78, 5) is 13.1. The Morgan fingerprint density at radius 1 is 1.00 bits per heavy atom. The van der Waals surface area contributed by atoms with Gasteiger partial charge in [0, 0.05) is 17.4 Å². The average Bonchev–Trinajstić information content (AvgIpc) is 2.61. The molecule has 1 aliphatic carbocycles.